The summed E-state index contributed by atoms with van der Waals surface area (Å²) in [6, 6.07) is 4.71. The first-order valence-electron chi connectivity index (χ1n) is 5.94. The number of rotatable bonds is 3. The third-order valence-electron chi connectivity index (χ3n) is 3.09. The van der Waals surface area contributed by atoms with E-state index in [4.69, 9.17) is 9.84 Å². The number of carboxylic acids is 1. The molecule has 1 unspecified atom stereocenters. The number of carbonyl (C=O) groups excluding carboxylic acids is 1. The number of nitrogens with one attached hydrogen (secondary N) is 1. The Morgan fingerprint density at radius 1 is 1.53 bits per heavy atom. The van der Waals surface area contributed by atoms with Gasteiger partial charge in [-0.1, -0.05) is 6.07 Å². The van der Waals surface area contributed by atoms with E-state index in [1.165, 1.54) is 12.0 Å². The number of piperazine rings is 1. The molecule has 1 heterocycles. The molecule has 1 aliphatic rings. The van der Waals surface area contributed by atoms with E-state index in [-0.39, 0.29) is 19.0 Å². The van der Waals surface area contributed by atoms with Gasteiger partial charge in [0.15, 0.2) is 0 Å². The van der Waals surface area contributed by atoms with Crippen LogP contribution in [0.3, 0.4) is 0 Å². The Balaban J connectivity index is 2.35. The van der Waals surface area contributed by atoms with E-state index in [0.717, 1.165) is 5.56 Å². The van der Waals surface area contributed by atoms with Gasteiger partial charge >= 0.3 is 5.97 Å². The predicted molar refractivity (Wildman–Crippen MR) is 69.5 cm³/mol. The van der Waals surface area contributed by atoms with E-state index in [0.29, 0.717) is 11.4 Å². The number of aryl methyl sites for hydroxylation is 1. The number of ether oxygens (including phenoxy) is 1. The van der Waals surface area contributed by atoms with Gasteiger partial charge in [-0.2, -0.15) is 0 Å². The maximum Gasteiger partial charge on any atom is 0.322 e. The summed E-state index contributed by atoms with van der Waals surface area (Å²) in [6.07, 6.45) is 0. The lowest BCUT2D eigenvalue weighted by molar-refractivity contribution is -0.139. The van der Waals surface area contributed by atoms with Crippen molar-refractivity contribution in [3.63, 3.8) is 0 Å². The van der Waals surface area contributed by atoms with Crippen LogP contribution < -0.4 is 15.0 Å². The lowest BCUT2D eigenvalue weighted by Gasteiger charge is -2.32. The second-order valence-corrected chi connectivity index (χ2v) is 4.45. The Hall–Kier alpha value is -2.08. The summed E-state index contributed by atoms with van der Waals surface area (Å²) in [5.41, 5.74) is 1.59. The number of aliphatic carboxylic acids is 1. The summed E-state index contributed by atoms with van der Waals surface area (Å²) < 4.78 is 5.24. The van der Waals surface area contributed by atoms with Gasteiger partial charge < -0.3 is 14.7 Å². The van der Waals surface area contributed by atoms with Crippen LogP contribution in [0.4, 0.5) is 5.69 Å². The van der Waals surface area contributed by atoms with E-state index in [1.807, 2.05) is 19.1 Å². The minimum atomic E-state index is -0.968. The Morgan fingerprint density at radius 3 is 2.89 bits per heavy atom. The first-order valence-corrected chi connectivity index (χ1v) is 5.94. The van der Waals surface area contributed by atoms with Crippen LogP contribution in [0, 0.1) is 6.92 Å². The maximum atomic E-state index is 12.0. The van der Waals surface area contributed by atoms with Gasteiger partial charge in [0.1, 0.15) is 11.8 Å². The molecule has 1 atom stereocenters. The summed E-state index contributed by atoms with van der Waals surface area (Å²) in [4.78, 5) is 24.4. The quantitative estimate of drug-likeness (QED) is 0.826. The third kappa shape index (κ3) is 2.68. The largest absolute Gasteiger partial charge is 0.495 e. The van der Waals surface area contributed by atoms with E-state index in [2.05, 4.69) is 5.32 Å². The Labute approximate surface area is 111 Å². The SMILES string of the molecule is COc1ccc(C)cc1N1CC(C(=O)O)NCC1=O. The van der Waals surface area contributed by atoms with Crippen molar-refractivity contribution in [1.82, 2.24) is 5.32 Å². The zero-order chi connectivity index (χ0) is 14.0. The number of benzene rings is 1. The maximum absolute atomic E-state index is 12.0. The molecule has 1 aromatic carbocycles. The molecule has 0 bridgehead atoms. The van der Waals surface area contributed by atoms with Gasteiger partial charge in [0, 0.05) is 0 Å². The molecular formula is C13H16N2O4. The molecular weight excluding hydrogens is 248 g/mol. The van der Waals surface area contributed by atoms with Crippen molar-refractivity contribution in [1.29, 1.82) is 0 Å². The summed E-state index contributed by atoms with van der Waals surface area (Å²) in [5, 5.41) is 11.7. The topological polar surface area (TPSA) is 78.9 Å². The molecule has 1 aromatic rings. The van der Waals surface area contributed by atoms with E-state index >= 15 is 0 Å². The van der Waals surface area contributed by atoms with Crippen molar-refractivity contribution in [3.8, 4) is 5.75 Å². The van der Waals surface area contributed by atoms with Crippen LogP contribution in [-0.2, 0) is 9.59 Å². The first-order chi connectivity index (χ1) is 9.02. The molecule has 2 rings (SSSR count). The number of carboxylic acid groups (broad SMARTS) is 1. The van der Waals surface area contributed by atoms with Crippen LogP contribution in [0.2, 0.25) is 0 Å². The molecule has 0 aromatic heterocycles. The van der Waals surface area contributed by atoms with E-state index < -0.39 is 12.0 Å². The molecule has 102 valence electrons. The fourth-order valence-electron chi connectivity index (χ4n) is 2.06. The number of amides is 1. The van der Waals surface area contributed by atoms with Crippen molar-refractivity contribution in [2.75, 3.05) is 25.1 Å². The highest BCUT2D eigenvalue weighted by Crippen LogP contribution is 2.30. The summed E-state index contributed by atoms with van der Waals surface area (Å²) in [6.45, 7) is 2.01. The molecule has 0 aliphatic carbocycles. The Kier molecular flexibility index (Phi) is 3.71. The molecule has 1 fully saturated rings. The van der Waals surface area contributed by atoms with E-state index in [1.54, 1.807) is 6.07 Å². The van der Waals surface area contributed by atoms with Crippen LogP contribution in [0.15, 0.2) is 18.2 Å². The van der Waals surface area contributed by atoms with E-state index in [9.17, 15) is 9.59 Å². The molecule has 19 heavy (non-hydrogen) atoms. The number of hydrogen-bond acceptors (Lipinski definition) is 4. The molecule has 0 spiro atoms. The van der Waals surface area contributed by atoms with Gasteiger partial charge in [0.2, 0.25) is 5.91 Å². The second-order valence-electron chi connectivity index (χ2n) is 4.45. The average molecular weight is 264 g/mol. The normalized spacial score (nSPS) is 19.4. The molecule has 0 saturated carbocycles. The van der Waals surface area contributed by atoms with Crippen molar-refractivity contribution < 1.29 is 19.4 Å². The van der Waals surface area contributed by atoms with Crippen molar-refractivity contribution in [2.45, 2.75) is 13.0 Å². The number of anilines is 1. The highest BCUT2D eigenvalue weighted by Gasteiger charge is 2.31. The third-order valence-corrected chi connectivity index (χ3v) is 3.09. The van der Waals surface area contributed by atoms with Crippen LogP contribution in [0.25, 0.3) is 0 Å². The van der Waals surface area contributed by atoms with Crippen molar-refractivity contribution in [3.05, 3.63) is 23.8 Å². The fraction of sp³-hybridized carbons (Fsp3) is 0.385. The Bertz CT molecular complexity index is 515. The number of hydrogen-bond donors (Lipinski definition) is 2. The Morgan fingerprint density at radius 2 is 2.26 bits per heavy atom. The number of nitrogens with zero attached hydrogens (tertiary/aromatic N) is 1. The van der Waals surface area contributed by atoms with Gasteiger partial charge in [-0.25, -0.2) is 0 Å². The molecule has 1 amide bonds. The minimum absolute atomic E-state index is 0.00800. The monoisotopic (exact) mass is 264 g/mol. The summed E-state index contributed by atoms with van der Waals surface area (Å²) in [5.74, 6) is -0.574. The van der Waals surface area contributed by atoms with Gasteiger partial charge in [0.05, 0.1) is 25.9 Å². The zero-order valence-electron chi connectivity index (χ0n) is 10.8. The highest BCUT2D eigenvalue weighted by atomic mass is 16.5. The van der Waals surface area contributed by atoms with Crippen LogP contribution in [0.5, 0.6) is 5.75 Å². The van der Waals surface area contributed by atoms with Gasteiger partial charge in [-0.05, 0) is 24.6 Å². The zero-order valence-corrected chi connectivity index (χ0v) is 10.8. The highest BCUT2D eigenvalue weighted by molar-refractivity contribution is 5.98. The average Bonchev–Trinajstić information content (AvgIpc) is 2.39. The summed E-state index contributed by atoms with van der Waals surface area (Å²) in [7, 11) is 1.52. The predicted octanol–water partition coefficient (Wildman–Crippen LogP) is 0.393. The standard InChI is InChI=1S/C13H16N2O4/c1-8-3-4-11(19-2)10(5-8)15-7-9(13(17)18)14-6-12(15)16/h3-5,9,14H,6-7H2,1-2H3,(H,17,18). The smallest absolute Gasteiger partial charge is 0.322 e. The van der Waals surface area contributed by atoms with Crippen LogP contribution >= 0.6 is 0 Å². The summed E-state index contributed by atoms with van der Waals surface area (Å²) >= 11 is 0. The van der Waals surface area contributed by atoms with Crippen molar-refractivity contribution >= 4 is 17.6 Å². The van der Waals surface area contributed by atoms with Gasteiger partial charge in [0.25, 0.3) is 0 Å². The molecule has 0 radical (unpaired) electrons. The second kappa shape index (κ2) is 5.27. The van der Waals surface area contributed by atoms with Crippen LogP contribution in [0.1, 0.15) is 5.56 Å². The molecule has 2 N–H and O–H groups in total. The van der Waals surface area contributed by atoms with Gasteiger partial charge in [-0.3, -0.25) is 14.9 Å². The van der Waals surface area contributed by atoms with Crippen molar-refractivity contribution in [2.24, 2.45) is 0 Å². The molecule has 6 nitrogen and oxygen atoms in total. The first kappa shape index (κ1) is 13.4. The fourth-order valence-corrected chi connectivity index (χ4v) is 2.06. The molecule has 1 aliphatic heterocycles. The van der Waals surface area contributed by atoms with Crippen LogP contribution in [-0.4, -0.2) is 43.2 Å². The number of carbonyl (C=O) groups is 2. The minimum Gasteiger partial charge on any atom is -0.495 e. The van der Waals surface area contributed by atoms with Gasteiger partial charge in [-0.15, -0.1) is 0 Å². The lowest BCUT2D eigenvalue weighted by Crippen LogP contribution is -2.57. The molecule has 1 saturated heterocycles. The lowest BCUT2D eigenvalue weighted by atomic mass is 10.1. The number of methoxy groups -OCH3 is 1. The molecule has 6 heteroatoms.